The third-order valence-electron chi connectivity index (χ3n) is 7.37. The fourth-order valence-corrected chi connectivity index (χ4v) is 6.08. The van der Waals surface area contributed by atoms with E-state index in [4.69, 9.17) is 20.6 Å². The van der Waals surface area contributed by atoms with Gasteiger partial charge in [0.15, 0.2) is 0 Å². The molecule has 2 heterocycles. The number of thiophene rings is 1. The molecule has 0 bridgehead atoms. The number of halogens is 2. The maximum atomic E-state index is 13.7. The SMILES string of the molecule is CC(C)(C)OC(=O)NCCC(NC(=O)[C@@H]1CC(OC(F)F)CN1C(=O)CNC(=O)c1ccc(Oc2ccccc2)cc1)c1cc(C(=N)N)cs1. The molecule has 2 aromatic carbocycles. The normalized spacial score (nSPS) is 16.4. The van der Waals surface area contributed by atoms with Gasteiger partial charge in [0, 0.05) is 40.9 Å². The van der Waals surface area contributed by atoms with Crippen LogP contribution < -0.4 is 26.4 Å². The molecule has 1 saturated heterocycles. The van der Waals surface area contributed by atoms with Crippen LogP contribution in [-0.4, -0.2) is 78.5 Å². The molecular formula is C34H40F2N6O7S. The van der Waals surface area contributed by atoms with E-state index in [2.05, 4.69) is 20.7 Å². The van der Waals surface area contributed by atoms with Gasteiger partial charge in [0.25, 0.3) is 5.91 Å². The number of nitrogens with two attached hydrogens (primary N) is 1. The summed E-state index contributed by atoms with van der Waals surface area (Å²) in [4.78, 5) is 53.8. The van der Waals surface area contributed by atoms with Crippen molar-refractivity contribution >= 4 is 41.0 Å². The molecule has 3 atom stereocenters. The molecule has 1 aliphatic rings. The van der Waals surface area contributed by atoms with E-state index in [0.717, 1.165) is 4.90 Å². The molecule has 0 aliphatic carbocycles. The van der Waals surface area contributed by atoms with Crippen LogP contribution in [0.5, 0.6) is 11.5 Å². The minimum Gasteiger partial charge on any atom is -0.457 e. The van der Waals surface area contributed by atoms with Crippen molar-refractivity contribution in [2.45, 2.75) is 64.0 Å². The topological polar surface area (TPSA) is 185 Å². The Morgan fingerprint density at radius 3 is 2.32 bits per heavy atom. The zero-order valence-electron chi connectivity index (χ0n) is 27.7. The minimum absolute atomic E-state index is 0.0863. The van der Waals surface area contributed by atoms with Gasteiger partial charge in [-0.3, -0.25) is 19.8 Å². The lowest BCUT2D eigenvalue weighted by Crippen LogP contribution is -2.49. The fraction of sp³-hybridized carbons (Fsp3) is 0.382. The van der Waals surface area contributed by atoms with E-state index in [1.807, 2.05) is 18.2 Å². The first-order valence-electron chi connectivity index (χ1n) is 15.7. The lowest BCUT2D eigenvalue weighted by Gasteiger charge is -2.26. The van der Waals surface area contributed by atoms with Crippen molar-refractivity contribution in [3.63, 3.8) is 0 Å². The van der Waals surface area contributed by atoms with Gasteiger partial charge in [-0.25, -0.2) is 4.79 Å². The molecule has 4 amide bonds. The standard InChI is InChI=1S/C34H40F2N6O7S/c1-34(2,3)49-33(46)39-14-13-25(27-15-21(19-50-27)29(37)38)41-31(45)26-16-24(48-32(35)36)18-42(26)28(43)17-40-30(44)20-9-11-23(12-10-20)47-22-7-5-4-6-8-22/h4-12,15,19,24-26,32H,13-14,16-18H2,1-3H3,(H3,37,38)(H,39,46)(H,40,44)(H,41,45)/t24?,25?,26-/m0/s1. The summed E-state index contributed by atoms with van der Waals surface area (Å²) in [6, 6.07) is 15.0. The van der Waals surface area contributed by atoms with Crippen molar-refractivity contribution in [1.29, 1.82) is 5.41 Å². The predicted octanol–water partition coefficient (Wildman–Crippen LogP) is 4.54. The number of nitrogens with one attached hydrogen (secondary N) is 4. The van der Waals surface area contributed by atoms with Crippen LogP contribution in [0.1, 0.15) is 60.5 Å². The molecular weight excluding hydrogens is 674 g/mol. The lowest BCUT2D eigenvalue weighted by atomic mass is 10.1. The number of benzene rings is 2. The first-order valence-corrected chi connectivity index (χ1v) is 16.6. The van der Waals surface area contributed by atoms with Crippen LogP contribution in [0, 0.1) is 5.41 Å². The summed E-state index contributed by atoms with van der Waals surface area (Å²) in [7, 11) is 0. The van der Waals surface area contributed by atoms with E-state index in [1.165, 1.54) is 23.5 Å². The summed E-state index contributed by atoms with van der Waals surface area (Å²) < 4.78 is 42.0. The monoisotopic (exact) mass is 714 g/mol. The van der Waals surface area contributed by atoms with Gasteiger partial charge in [0.1, 0.15) is 29.0 Å². The van der Waals surface area contributed by atoms with Crippen molar-refractivity contribution in [2.24, 2.45) is 5.73 Å². The quantitative estimate of drug-likeness (QED) is 0.119. The molecule has 13 nitrogen and oxygen atoms in total. The first-order chi connectivity index (χ1) is 23.7. The number of likely N-dealkylation sites (tertiary alicyclic amines) is 1. The Balaban J connectivity index is 1.42. The molecule has 0 radical (unpaired) electrons. The Morgan fingerprint density at radius 2 is 1.70 bits per heavy atom. The van der Waals surface area contributed by atoms with Crippen molar-refractivity contribution in [3.8, 4) is 11.5 Å². The van der Waals surface area contributed by atoms with Crippen LogP contribution in [0.2, 0.25) is 0 Å². The van der Waals surface area contributed by atoms with E-state index in [0.29, 0.717) is 21.9 Å². The van der Waals surface area contributed by atoms with Crippen LogP contribution in [0.3, 0.4) is 0 Å². The Labute approximate surface area is 292 Å². The second-order valence-electron chi connectivity index (χ2n) is 12.4. The maximum absolute atomic E-state index is 13.7. The van der Waals surface area contributed by atoms with Gasteiger partial charge < -0.3 is 40.8 Å². The third-order valence-corrected chi connectivity index (χ3v) is 8.41. The summed E-state index contributed by atoms with van der Waals surface area (Å²) in [5.74, 6) is -0.961. The predicted molar refractivity (Wildman–Crippen MR) is 181 cm³/mol. The number of amidine groups is 1. The largest absolute Gasteiger partial charge is 0.457 e. The van der Waals surface area contributed by atoms with Crippen LogP contribution >= 0.6 is 11.3 Å². The van der Waals surface area contributed by atoms with Crippen LogP contribution in [0.25, 0.3) is 0 Å². The molecule has 0 saturated carbocycles. The number of hydrogen-bond donors (Lipinski definition) is 5. The van der Waals surface area contributed by atoms with E-state index in [-0.39, 0.29) is 37.3 Å². The number of nitrogens with zero attached hydrogens (tertiary/aromatic N) is 1. The van der Waals surface area contributed by atoms with Crippen LogP contribution in [-0.2, 0) is 19.1 Å². The highest BCUT2D eigenvalue weighted by molar-refractivity contribution is 7.10. The zero-order valence-corrected chi connectivity index (χ0v) is 28.6. The number of carbonyl (C=O) groups excluding carboxylic acids is 4. The van der Waals surface area contributed by atoms with Crippen LogP contribution in [0.15, 0.2) is 66.0 Å². The summed E-state index contributed by atoms with van der Waals surface area (Å²) in [6.45, 7) is 1.29. The highest BCUT2D eigenvalue weighted by Crippen LogP contribution is 2.28. The third kappa shape index (κ3) is 11.2. The molecule has 2 unspecified atom stereocenters. The van der Waals surface area contributed by atoms with E-state index in [9.17, 15) is 28.0 Å². The summed E-state index contributed by atoms with van der Waals surface area (Å²) in [5, 5.41) is 17.4. The zero-order chi connectivity index (χ0) is 36.4. The summed E-state index contributed by atoms with van der Waals surface area (Å²) in [6.07, 6.45) is -1.83. The van der Waals surface area contributed by atoms with Crippen molar-refractivity contribution in [1.82, 2.24) is 20.9 Å². The number of alkyl carbamates (subject to hydrolysis) is 1. The Hall–Kier alpha value is -5.09. The molecule has 50 heavy (non-hydrogen) atoms. The highest BCUT2D eigenvalue weighted by atomic mass is 32.1. The molecule has 268 valence electrons. The molecule has 1 aromatic heterocycles. The fourth-order valence-electron chi connectivity index (χ4n) is 5.09. The van der Waals surface area contributed by atoms with Gasteiger partial charge in [0.2, 0.25) is 11.8 Å². The van der Waals surface area contributed by atoms with E-state index in [1.54, 1.807) is 56.5 Å². The number of alkyl halides is 2. The molecule has 16 heteroatoms. The second-order valence-corrected chi connectivity index (χ2v) is 13.3. The molecule has 6 N–H and O–H groups in total. The van der Waals surface area contributed by atoms with E-state index < -0.39 is 60.8 Å². The van der Waals surface area contributed by atoms with Crippen molar-refractivity contribution in [3.05, 3.63) is 82.0 Å². The van der Waals surface area contributed by atoms with Gasteiger partial charge in [-0.05, 0) is 69.7 Å². The summed E-state index contributed by atoms with van der Waals surface area (Å²) in [5.41, 5.74) is 5.58. The number of ether oxygens (including phenoxy) is 3. The minimum atomic E-state index is -3.13. The summed E-state index contributed by atoms with van der Waals surface area (Å²) >= 11 is 1.23. The molecule has 1 aliphatic heterocycles. The Kier molecular flexibility index (Phi) is 12.8. The number of amides is 4. The average Bonchev–Trinajstić information content (AvgIpc) is 3.71. The Bertz CT molecular complexity index is 1650. The van der Waals surface area contributed by atoms with Crippen LogP contribution in [0.4, 0.5) is 13.6 Å². The van der Waals surface area contributed by atoms with Gasteiger partial charge in [-0.15, -0.1) is 11.3 Å². The molecule has 4 rings (SSSR count). The van der Waals surface area contributed by atoms with Crippen molar-refractivity contribution in [2.75, 3.05) is 19.6 Å². The number of nitrogen functional groups attached to an aromatic ring is 1. The molecule has 3 aromatic rings. The number of rotatable bonds is 14. The molecule has 0 spiro atoms. The van der Waals surface area contributed by atoms with E-state index >= 15 is 0 Å². The van der Waals surface area contributed by atoms with Gasteiger partial charge in [-0.1, -0.05) is 18.2 Å². The van der Waals surface area contributed by atoms with Crippen molar-refractivity contribution < 1.29 is 42.2 Å². The lowest BCUT2D eigenvalue weighted by molar-refractivity contribution is -0.160. The number of para-hydroxylation sites is 1. The number of carbonyl (C=O) groups is 4. The first kappa shape index (κ1) is 37.7. The highest BCUT2D eigenvalue weighted by Gasteiger charge is 2.41. The maximum Gasteiger partial charge on any atom is 0.407 e. The second kappa shape index (κ2) is 17.0. The molecule has 1 fully saturated rings. The smallest absolute Gasteiger partial charge is 0.407 e. The van der Waals surface area contributed by atoms with Gasteiger partial charge in [-0.2, -0.15) is 8.78 Å². The Morgan fingerprint density at radius 1 is 1.02 bits per heavy atom. The average molecular weight is 715 g/mol. The number of hydrogen-bond acceptors (Lipinski definition) is 9. The van der Waals surface area contributed by atoms with Gasteiger partial charge in [0.05, 0.1) is 18.7 Å². The van der Waals surface area contributed by atoms with Gasteiger partial charge >= 0.3 is 12.7 Å².